The first-order chi connectivity index (χ1) is 10.2. The van der Waals surface area contributed by atoms with Crippen molar-refractivity contribution in [2.75, 3.05) is 19.8 Å². The minimum absolute atomic E-state index is 0. The molecule has 2 aliphatic rings. The summed E-state index contributed by atoms with van der Waals surface area (Å²) in [6.07, 6.45) is 6.15. The third-order valence-electron chi connectivity index (χ3n) is 4.61. The lowest BCUT2D eigenvalue weighted by Gasteiger charge is -2.34. The van der Waals surface area contributed by atoms with Crippen LogP contribution in [0.5, 0.6) is 0 Å². The molecule has 1 amide bonds. The molecule has 3 rings (SSSR count). The summed E-state index contributed by atoms with van der Waals surface area (Å²) in [7, 11) is 0. The van der Waals surface area contributed by atoms with E-state index in [1.54, 1.807) is 11.3 Å². The van der Waals surface area contributed by atoms with Crippen molar-refractivity contribution in [1.82, 2.24) is 10.3 Å². The second-order valence-corrected chi connectivity index (χ2v) is 7.13. The molecule has 0 saturated carbocycles. The van der Waals surface area contributed by atoms with Crippen LogP contribution in [0.25, 0.3) is 0 Å². The maximum atomic E-state index is 12.5. The number of rotatable bonds is 4. The van der Waals surface area contributed by atoms with E-state index in [2.05, 4.69) is 10.3 Å². The van der Waals surface area contributed by atoms with Gasteiger partial charge in [0.05, 0.1) is 17.7 Å². The fourth-order valence-electron chi connectivity index (χ4n) is 3.11. The fraction of sp³-hybridized carbons (Fsp3) is 0.733. The number of halogens is 2. The summed E-state index contributed by atoms with van der Waals surface area (Å²) in [5.41, 5.74) is 6.65. The molecule has 3 N–H and O–H groups in total. The van der Waals surface area contributed by atoms with Crippen LogP contribution in [0.1, 0.15) is 41.3 Å². The summed E-state index contributed by atoms with van der Waals surface area (Å²) < 4.78 is 5.35. The zero-order valence-corrected chi connectivity index (χ0v) is 15.6. The summed E-state index contributed by atoms with van der Waals surface area (Å²) in [5.74, 6) is 0.0569. The van der Waals surface area contributed by atoms with Gasteiger partial charge in [0.2, 0.25) is 5.91 Å². The monoisotopic (exact) mass is 381 g/mol. The van der Waals surface area contributed by atoms with Crippen LogP contribution in [0.15, 0.2) is 0 Å². The Morgan fingerprint density at radius 3 is 2.61 bits per heavy atom. The lowest BCUT2D eigenvalue weighted by Crippen LogP contribution is -2.48. The maximum Gasteiger partial charge on any atom is 0.228 e. The van der Waals surface area contributed by atoms with Crippen molar-refractivity contribution in [2.24, 2.45) is 11.1 Å². The van der Waals surface area contributed by atoms with Crippen LogP contribution in [0.2, 0.25) is 0 Å². The van der Waals surface area contributed by atoms with Gasteiger partial charge < -0.3 is 15.8 Å². The highest BCUT2D eigenvalue weighted by Gasteiger charge is 2.38. The molecule has 5 nitrogen and oxygen atoms in total. The van der Waals surface area contributed by atoms with Crippen LogP contribution in [-0.4, -0.2) is 30.6 Å². The molecule has 0 atom stereocenters. The normalized spacial score (nSPS) is 19.0. The number of hydrogen-bond acceptors (Lipinski definition) is 5. The molecule has 8 heteroatoms. The van der Waals surface area contributed by atoms with Gasteiger partial charge in [-0.2, -0.15) is 0 Å². The Bertz CT molecular complexity index is 495. The largest absolute Gasteiger partial charge is 0.381 e. The number of thiazole rings is 1. The lowest BCUT2D eigenvalue weighted by molar-refractivity contribution is -0.136. The molecule has 2 heterocycles. The van der Waals surface area contributed by atoms with E-state index in [9.17, 15) is 4.79 Å². The highest BCUT2D eigenvalue weighted by molar-refractivity contribution is 7.11. The van der Waals surface area contributed by atoms with Crippen LogP contribution < -0.4 is 11.1 Å². The maximum absolute atomic E-state index is 12.5. The molecule has 0 spiro atoms. The van der Waals surface area contributed by atoms with Crippen LogP contribution in [0, 0.1) is 5.41 Å². The highest BCUT2D eigenvalue weighted by atomic mass is 35.5. The van der Waals surface area contributed by atoms with Crippen molar-refractivity contribution >= 4 is 42.1 Å². The Balaban J connectivity index is 0.00000132. The van der Waals surface area contributed by atoms with Gasteiger partial charge in [-0.25, -0.2) is 4.98 Å². The predicted molar refractivity (Wildman–Crippen MR) is 96.6 cm³/mol. The average Bonchev–Trinajstić information content (AvgIpc) is 2.96. The third-order valence-corrected chi connectivity index (χ3v) is 5.77. The summed E-state index contributed by atoms with van der Waals surface area (Å²) in [6.45, 7) is 2.15. The van der Waals surface area contributed by atoms with Crippen molar-refractivity contribution in [1.29, 1.82) is 0 Å². The summed E-state index contributed by atoms with van der Waals surface area (Å²) >= 11 is 1.75. The van der Waals surface area contributed by atoms with E-state index >= 15 is 0 Å². The number of aromatic nitrogens is 1. The molecule has 0 radical (unpaired) electrons. The summed E-state index contributed by atoms with van der Waals surface area (Å²) in [6, 6.07) is 0. The molecular weight excluding hydrogens is 357 g/mol. The number of nitrogens with one attached hydrogen (secondary N) is 1. The van der Waals surface area contributed by atoms with E-state index in [1.807, 2.05) is 0 Å². The smallest absolute Gasteiger partial charge is 0.228 e. The zero-order chi connectivity index (χ0) is 14.7. The molecule has 1 aromatic rings. The number of aryl methyl sites for hydroxylation is 2. The Kier molecular flexibility index (Phi) is 8.24. The van der Waals surface area contributed by atoms with E-state index in [-0.39, 0.29) is 30.7 Å². The van der Waals surface area contributed by atoms with Crippen molar-refractivity contribution in [2.45, 2.75) is 45.1 Å². The number of carbonyl (C=O) groups excluding carboxylic acids is 1. The fourth-order valence-corrected chi connectivity index (χ4v) is 4.21. The van der Waals surface area contributed by atoms with Gasteiger partial charge in [0.25, 0.3) is 0 Å². The predicted octanol–water partition coefficient (Wildman–Crippen LogP) is 2.24. The SMILES string of the molecule is Cl.Cl.NCC1(C(=O)NCc2nc3c(s2)CCCC3)CCOCC1. The number of carbonyl (C=O) groups is 1. The second-order valence-electron chi connectivity index (χ2n) is 5.96. The van der Waals surface area contributed by atoms with Crippen molar-refractivity contribution in [3.63, 3.8) is 0 Å². The number of nitrogens with two attached hydrogens (primary N) is 1. The molecule has 1 aromatic heterocycles. The Labute approximate surface area is 153 Å². The molecule has 0 unspecified atom stereocenters. The van der Waals surface area contributed by atoms with Gasteiger partial charge in [-0.1, -0.05) is 0 Å². The van der Waals surface area contributed by atoms with Gasteiger partial charge in [-0.05, 0) is 38.5 Å². The zero-order valence-electron chi connectivity index (χ0n) is 13.1. The molecule has 23 heavy (non-hydrogen) atoms. The van der Waals surface area contributed by atoms with Crippen LogP contribution in [-0.2, 0) is 28.9 Å². The number of amides is 1. The molecule has 132 valence electrons. The first-order valence-corrected chi connectivity index (χ1v) is 8.59. The quantitative estimate of drug-likeness (QED) is 0.837. The number of nitrogens with zero attached hydrogens (tertiary/aromatic N) is 1. The topological polar surface area (TPSA) is 77.2 Å². The van der Waals surface area contributed by atoms with Gasteiger partial charge in [0.15, 0.2) is 0 Å². The molecule has 0 aromatic carbocycles. The van der Waals surface area contributed by atoms with Crippen molar-refractivity contribution in [3.05, 3.63) is 15.6 Å². The van der Waals surface area contributed by atoms with E-state index in [1.165, 1.54) is 23.4 Å². The van der Waals surface area contributed by atoms with Gasteiger partial charge >= 0.3 is 0 Å². The molecule has 1 aliphatic carbocycles. The number of ether oxygens (including phenoxy) is 1. The first kappa shape index (κ1) is 20.6. The van der Waals surface area contributed by atoms with Gasteiger partial charge in [0, 0.05) is 24.6 Å². The molecular formula is C15H25Cl2N3O2S. The minimum Gasteiger partial charge on any atom is -0.381 e. The molecule has 1 saturated heterocycles. The standard InChI is InChI=1S/C15H23N3O2S.2ClH/c16-10-15(5-7-20-8-6-15)14(19)17-9-13-18-11-3-1-2-4-12(11)21-13;;/h1-10,16H2,(H,17,19);2*1H. The number of hydrogen-bond donors (Lipinski definition) is 2. The van der Waals surface area contributed by atoms with Gasteiger partial charge in [0.1, 0.15) is 5.01 Å². The summed E-state index contributed by atoms with van der Waals surface area (Å²) in [4.78, 5) is 18.6. The van der Waals surface area contributed by atoms with Crippen LogP contribution in [0.4, 0.5) is 0 Å². The van der Waals surface area contributed by atoms with Gasteiger partial charge in [-0.3, -0.25) is 4.79 Å². The second kappa shape index (κ2) is 9.18. The third kappa shape index (κ3) is 4.57. The lowest BCUT2D eigenvalue weighted by atomic mass is 9.79. The van der Waals surface area contributed by atoms with E-state index < -0.39 is 5.41 Å². The number of fused-ring (bicyclic) bond motifs is 1. The Hall–Kier alpha value is -0.400. The van der Waals surface area contributed by atoms with Crippen molar-refractivity contribution < 1.29 is 9.53 Å². The van der Waals surface area contributed by atoms with Gasteiger partial charge in [-0.15, -0.1) is 36.2 Å². The summed E-state index contributed by atoms with van der Waals surface area (Å²) in [5, 5.41) is 4.07. The van der Waals surface area contributed by atoms with E-state index in [4.69, 9.17) is 10.5 Å². The van der Waals surface area contributed by atoms with Crippen LogP contribution in [0.3, 0.4) is 0 Å². The van der Waals surface area contributed by atoms with E-state index in [0.29, 0.717) is 39.1 Å². The first-order valence-electron chi connectivity index (χ1n) is 7.77. The average molecular weight is 382 g/mol. The minimum atomic E-state index is -0.449. The van der Waals surface area contributed by atoms with Crippen molar-refractivity contribution in [3.8, 4) is 0 Å². The molecule has 1 fully saturated rings. The van der Waals surface area contributed by atoms with E-state index in [0.717, 1.165) is 17.8 Å². The Morgan fingerprint density at radius 2 is 1.96 bits per heavy atom. The molecule has 1 aliphatic heterocycles. The molecule has 0 bridgehead atoms. The highest BCUT2D eigenvalue weighted by Crippen LogP contribution is 2.30. The Morgan fingerprint density at radius 1 is 1.26 bits per heavy atom. The van der Waals surface area contributed by atoms with Crippen LogP contribution >= 0.6 is 36.2 Å².